The number of tetrazole rings is 1. The van der Waals surface area contributed by atoms with Crippen LogP contribution in [0.25, 0.3) is 5.69 Å². The van der Waals surface area contributed by atoms with Gasteiger partial charge in [0.05, 0.1) is 5.69 Å². The second-order valence-electron chi connectivity index (χ2n) is 5.56. The minimum absolute atomic E-state index is 0.246. The van der Waals surface area contributed by atoms with Gasteiger partial charge in [-0.1, -0.05) is 35.4 Å². The third-order valence-electron chi connectivity index (χ3n) is 3.66. The Morgan fingerprint density at radius 2 is 1.80 bits per heavy atom. The molecule has 0 radical (unpaired) electrons. The highest BCUT2D eigenvalue weighted by Gasteiger charge is 2.10. The highest BCUT2D eigenvalue weighted by atomic mass is 16.5. The topological polar surface area (TPSA) is 85.1 Å². The van der Waals surface area contributed by atoms with E-state index in [1.807, 2.05) is 54.6 Å². The van der Waals surface area contributed by atoms with Gasteiger partial charge in [0.1, 0.15) is 5.75 Å². The van der Waals surface area contributed by atoms with Crippen molar-refractivity contribution >= 4 is 0 Å². The number of rotatable bonds is 9. The monoisotopic (exact) mass is 339 g/mol. The fourth-order valence-electron chi connectivity index (χ4n) is 2.35. The highest BCUT2D eigenvalue weighted by Crippen LogP contribution is 2.21. The second kappa shape index (κ2) is 8.91. The molecule has 7 heteroatoms. The molecule has 2 aromatic carbocycles. The second-order valence-corrected chi connectivity index (χ2v) is 5.56. The Morgan fingerprint density at radius 1 is 1.00 bits per heavy atom. The quantitative estimate of drug-likeness (QED) is 0.582. The van der Waals surface area contributed by atoms with Crippen LogP contribution in [0.3, 0.4) is 0 Å². The molecule has 0 saturated heterocycles. The van der Waals surface area contributed by atoms with E-state index in [1.165, 1.54) is 5.56 Å². The molecule has 0 aliphatic carbocycles. The minimum atomic E-state index is 0.246. The SMILES string of the molecule is OCCCCNCc1ccc(Oc2nnnn2-c2ccccc2)cc1. The van der Waals surface area contributed by atoms with E-state index in [0.717, 1.165) is 31.6 Å². The zero-order valence-corrected chi connectivity index (χ0v) is 13.9. The van der Waals surface area contributed by atoms with Gasteiger partial charge in [-0.2, -0.15) is 4.68 Å². The van der Waals surface area contributed by atoms with Crippen molar-refractivity contribution in [3.63, 3.8) is 0 Å². The van der Waals surface area contributed by atoms with Crippen LogP contribution < -0.4 is 10.1 Å². The van der Waals surface area contributed by atoms with E-state index < -0.39 is 0 Å². The molecule has 130 valence electrons. The standard InChI is InChI=1S/C18H21N5O2/c24-13-5-4-12-19-14-15-8-10-17(11-9-15)25-18-20-21-22-23(18)16-6-2-1-3-7-16/h1-3,6-11,19,24H,4-5,12-14H2. The van der Waals surface area contributed by atoms with Crippen LogP contribution in [0, 0.1) is 0 Å². The Bertz CT molecular complexity index is 759. The molecule has 25 heavy (non-hydrogen) atoms. The van der Waals surface area contributed by atoms with E-state index in [1.54, 1.807) is 4.68 Å². The molecular formula is C18H21N5O2. The average Bonchev–Trinajstić information content (AvgIpc) is 3.12. The first kappa shape index (κ1) is 17.1. The van der Waals surface area contributed by atoms with Crippen LogP contribution in [0.2, 0.25) is 0 Å². The van der Waals surface area contributed by atoms with E-state index in [2.05, 4.69) is 20.8 Å². The van der Waals surface area contributed by atoms with Crippen LogP contribution in [0.4, 0.5) is 0 Å². The van der Waals surface area contributed by atoms with Crippen molar-refractivity contribution in [2.45, 2.75) is 19.4 Å². The van der Waals surface area contributed by atoms with Crippen LogP contribution in [0.1, 0.15) is 18.4 Å². The van der Waals surface area contributed by atoms with Crippen molar-refractivity contribution in [1.29, 1.82) is 0 Å². The molecule has 7 nitrogen and oxygen atoms in total. The predicted molar refractivity (Wildman–Crippen MR) is 93.7 cm³/mol. The van der Waals surface area contributed by atoms with Gasteiger partial charge in [-0.05, 0) is 59.6 Å². The largest absolute Gasteiger partial charge is 0.423 e. The molecule has 2 N–H and O–H groups in total. The number of aliphatic hydroxyl groups is 1. The van der Waals surface area contributed by atoms with Crippen molar-refractivity contribution in [3.05, 3.63) is 60.2 Å². The molecule has 0 aliphatic rings. The summed E-state index contributed by atoms with van der Waals surface area (Å²) in [5.41, 5.74) is 2.00. The Balaban J connectivity index is 1.58. The molecule has 0 unspecified atom stereocenters. The summed E-state index contributed by atoms with van der Waals surface area (Å²) in [6.45, 7) is 1.92. The fraction of sp³-hybridized carbons (Fsp3) is 0.278. The molecule has 0 fully saturated rings. The highest BCUT2D eigenvalue weighted by molar-refractivity contribution is 5.34. The van der Waals surface area contributed by atoms with E-state index >= 15 is 0 Å². The van der Waals surface area contributed by atoms with Gasteiger partial charge in [0, 0.05) is 13.2 Å². The van der Waals surface area contributed by atoms with Crippen molar-refractivity contribution in [2.24, 2.45) is 0 Å². The third-order valence-corrected chi connectivity index (χ3v) is 3.66. The zero-order chi connectivity index (χ0) is 17.3. The van der Waals surface area contributed by atoms with Crippen LogP contribution in [-0.4, -0.2) is 38.5 Å². The minimum Gasteiger partial charge on any atom is -0.423 e. The molecular weight excluding hydrogens is 318 g/mol. The molecule has 3 aromatic rings. The summed E-state index contributed by atoms with van der Waals surface area (Å²) in [6, 6.07) is 17.7. The van der Waals surface area contributed by atoms with Gasteiger partial charge >= 0.3 is 6.01 Å². The Labute approximate surface area is 146 Å². The predicted octanol–water partition coefficient (Wildman–Crippen LogP) is 2.32. The number of benzene rings is 2. The van der Waals surface area contributed by atoms with E-state index in [9.17, 15) is 0 Å². The maximum atomic E-state index is 8.75. The third kappa shape index (κ3) is 4.85. The number of unbranched alkanes of at least 4 members (excludes halogenated alkanes) is 1. The van der Waals surface area contributed by atoms with Gasteiger partial charge in [0.25, 0.3) is 0 Å². The number of nitrogens with zero attached hydrogens (tertiary/aromatic N) is 4. The van der Waals surface area contributed by atoms with Crippen LogP contribution in [0.15, 0.2) is 54.6 Å². The molecule has 1 heterocycles. The van der Waals surface area contributed by atoms with Crippen LogP contribution >= 0.6 is 0 Å². The van der Waals surface area contributed by atoms with Gasteiger partial charge in [-0.15, -0.1) is 0 Å². The number of nitrogens with one attached hydrogen (secondary N) is 1. The van der Waals surface area contributed by atoms with E-state index in [4.69, 9.17) is 9.84 Å². The number of hydrogen-bond acceptors (Lipinski definition) is 6. The van der Waals surface area contributed by atoms with Crippen LogP contribution in [-0.2, 0) is 6.54 Å². The van der Waals surface area contributed by atoms with E-state index in [-0.39, 0.29) is 6.61 Å². The Kier molecular flexibility index (Phi) is 6.08. The van der Waals surface area contributed by atoms with Gasteiger partial charge < -0.3 is 15.2 Å². The number of ether oxygens (including phenoxy) is 1. The summed E-state index contributed by atoms with van der Waals surface area (Å²) in [4.78, 5) is 0. The number of aliphatic hydroxyl groups excluding tert-OH is 1. The number of para-hydroxylation sites is 1. The lowest BCUT2D eigenvalue weighted by molar-refractivity contribution is 0.283. The summed E-state index contributed by atoms with van der Waals surface area (Å²) < 4.78 is 7.35. The maximum Gasteiger partial charge on any atom is 0.345 e. The van der Waals surface area contributed by atoms with Gasteiger partial charge in [0.15, 0.2) is 0 Å². The lowest BCUT2D eigenvalue weighted by atomic mass is 10.2. The molecule has 0 aliphatic heterocycles. The molecule has 0 saturated carbocycles. The fourth-order valence-corrected chi connectivity index (χ4v) is 2.35. The number of aromatic nitrogens is 4. The number of hydrogen-bond donors (Lipinski definition) is 2. The molecule has 0 amide bonds. The Morgan fingerprint density at radius 3 is 2.56 bits per heavy atom. The van der Waals surface area contributed by atoms with Gasteiger partial charge in [0.2, 0.25) is 0 Å². The van der Waals surface area contributed by atoms with Crippen molar-refractivity contribution in [3.8, 4) is 17.4 Å². The van der Waals surface area contributed by atoms with Crippen LogP contribution in [0.5, 0.6) is 11.8 Å². The smallest absolute Gasteiger partial charge is 0.345 e. The lowest BCUT2D eigenvalue weighted by Crippen LogP contribution is -2.14. The van der Waals surface area contributed by atoms with Crippen molar-refractivity contribution in [2.75, 3.05) is 13.2 Å². The average molecular weight is 339 g/mol. The first-order valence-corrected chi connectivity index (χ1v) is 8.29. The summed E-state index contributed by atoms with van der Waals surface area (Å²) in [7, 11) is 0. The normalized spacial score (nSPS) is 10.8. The molecule has 3 rings (SSSR count). The zero-order valence-electron chi connectivity index (χ0n) is 13.9. The Hall–Kier alpha value is -2.77. The van der Waals surface area contributed by atoms with Gasteiger partial charge in [-0.3, -0.25) is 0 Å². The van der Waals surface area contributed by atoms with Crippen molar-refractivity contribution < 1.29 is 9.84 Å². The van der Waals surface area contributed by atoms with Crippen molar-refractivity contribution in [1.82, 2.24) is 25.5 Å². The lowest BCUT2D eigenvalue weighted by Gasteiger charge is -2.08. The van der Waals surface area contributed by atoms with E-state index in [0.29, 0.717) is 11.8 Å². The van der Waals surface area contributed by atoms with Gasteiger partial charge in [-0.25, -0.2) is 0 Å². The maximum absolute atomic E-state index is 8.75. The summed E-state index contributed by atoms with van der Waals surface area (Å²) in [5, 5.41) is 23.7. The molecule has 0 bridgehead atoms. The molecule has 1 aromatic heterocycles. The molecule has 0 spiro atoms. The summed E-state index contributed by atoms with van der Waals surface area (Å²) in [5.74, 6) is 0.677. The molecule has 0 atom stereocenters. The first-order chi connectivity index (χ1) is 12.4. The summed E-state index contributed by atoms with van der Waals surface area (Å²) >= 11 is 0. The first-order valence-electron chi connectivity index (χ1n) is 8.29. The summed E-state index contributed by atoms with van der Waals surface area (Å²) in [6.07, 6.45) is 1.80.